The van der Waals surface area contributed by atoms with Crippen molar-refractivity contribution in [3.8, 4) is 11.5 Å². The van der Waals surface area contributed by atoms with Gasteiger partial charge in [0.25, 0.3) is 5.91 Å². The first-order valence-electron chi connectivity index (χ1n) is 10.8. The molecule has 0 spiro atoms. The van der Waals surface area contributed by atoms with Crippen molar-refractivity contribution in [2.24, 2.45) is 0 Å². The van der Waals surface area contributed by atoms with E-state index in [0.717, 1.165) is 6.08 Å². The number of aliphatic hydroxyl groups is 1. The number of ether oxygens (including phenoxy) is 4. The zero-order valence-corrected chi connectivity index (χ0v) is 19.5. The molecule has 0 aromatic heterocycles. The first-order chi connectivity index (χ1) is 17.0. The van der Waals surface area contributed by atoms with Crippen molar-refractivity contribution in [1.29, 1.82) is 0 Å². The lowest BCUT2D eigenvalue weighted by Crippen LogP contribution is -2.27. The van der Waals surface area contributed by atoms with Crippen LogP contribution in [0.25, 0.3) is 0 Å². The monoisotopic (exact) mass is 486 g/mol. The molecule has 2 aromatic carbocycles. The SMILES string of the molecule is COc1ccc(NC(=O)O[C@@H](c2ccc(OCCO)cc2)[C@H](C/C=C/C=C/C(=O)NO)OC)cc1. The molecule has 0 unspecified atom stereocenters. The van der Waals surface area contributed by atoms with Crippen LogP contribution in [0.2, 0.25) is 0 Å². The lowest BCUT2D eigenvalue weighted by molar-refractivity contribution is -0.124. The third kappa shape index (κ3) is 9.49. The van der Waals surface area contributed by atoms with E-state index < -0.39 is 24.2 Å². The molecule has 4 N–H and O–H groups in total. The third-order valence-corrected chi connectivity index (χ3v) is 4.75. The van der Waals surface area contributed by atoms with Gasteiger partial charge in [-0.1, -0.05) is 30.4 Å². The predicted octanol–water partition coefficient (Wildman–Crippen LogP) is 3.38. The first kappa shape index (κ1) is 27.4. The highest BCUT2D eigenvalue weighted by atomic mass is 16.6. The molecule has 0 bridgehead atoms. The van der Waals surface area contributed by atoms with E-state index in [0.29, 0.717) is 29.2 Å². The maximum atomic E-state index is 12.7. The second-order valence-corrected chi connectivity index (χ2v) is 7.09. The van der Waals surface area contributed by atoms with Gasteiger partial charge in [0.1, 0.15) is 24.2 Å². The molecule has 0 fully saturated rings. The van der Waals surface area contributed by atoms with Crippen LogP contribution in [0.3, 0.4) is 0 Å². The number of nitrogens with one attached hydrogen (secondary N) is 2. The molecule has 0 heterocycles. The Morgan fingerprint density at radius 1 is 1.00 bits per heavy atom. The van der Waals surface area contributed by atoms with Crippen LogP contribution in [0.15, 0.2) is 72.8 Å². The van der Waals surface area contributed by atoms with Gasteiger partial charge in [0.05, 0.1) is 13.7 Å². The van der Waals surface area contributed by atoms with E-state index in [1.807, 2.05) is 0 Å². The van der Waals surface area contributed by atoms with Gasteiger partial charge in [-0.2, -0.15) is 0 Å². The zero-order chi connectivity index (χ0) is 25.5. The summed E-state index contributed by atoms with van der Waals surface area (Å²) < 4.78 is 21.9. The topological polar surface area (TPSA) is 136 Å². The standard InChI is InChI=1S/C25H30N2O8/c1-32-20-14-10-19(11-15-20)26-25(30)35-24(18-8-12-21(13-9-18)34-17-16-28)22(33-2)6-4-3-5-7-23(29)27-31/h3-5,7-15,22,24,28,31H,6,16-17H2,1-2H3,(H,26,30)(H,27,29)/b4-3+,7-5+/t22-,24-/m0/s1. The molecule has 2 atom stereocenters. The molecule has 0 radical (unpaired) electrons. The van der Waals surface area contributed by atoms with E-state index in [2.05, 4.69) is 5.32 Å². The van der Waals surface area contributed by atoms with Crippen LogP contribution >= 0.6 is 0 Å². The predicted molar refractivity (Wildman–Crippen MR) is 128 cm³/mol. The van der Waals surface area contributed by atoms with Crippen molar-refractivity contribution in [2.45, 2.75) is 18.6 Å². The van der Waals surface area contributed by atoms with Crippen LogP contribution in [0, 0.1) is 0 Å². The Morgan fingerprint density at radius 2 is 1.69 bits per heavy atom. The van der Waals surface area contributed by atoms with Gasteiger partial charge in [-0.3, -0.25) is 15.3 Å². The number of carbonyl (C=O) groups is 2. The number of hydrogen-bond donors (Lipinski definition) is 4. The van der Waals surface area contributed by atoms with Crippen molar-refractivity contribution in [2.75, 3.05) is 32.8 Å². The number of methoxy groups -OCH3 is 2. The molecule has 10 heteroatoms. The fraction of sp³-hybridized carbons (Fsp3) is 0.280. The first-order valence-corrected chi connectivity index (χ1v) is 10.8. The smallest absolute Gasteiger partial charge is 0.412 e. The summed E-state index contributed by atoms with van der Waals surface area (Å²) in [7, 11) is 3.06. The summed E-state index contributed by atoms with van der Waals surface area (Å²) in [6, 6.07) is 13.7. The van der Waals surface area contributed by atoms with Crippen molar-refractivity contribution in [3.63, 3.8) is 0 Å². The number of hydroxylamine groups is 1. The van der Waals surface area contributed by atoms with E-state index in [9.17, 15) is 9.59 Å². The summed E-state index contributed by atoms with van der Waals surface area (Å²) in [6.45, 7) is 0.0579. The molecule has 2 aromatic rings. The van der Waals surface area contributed by atoms with Gasteiger partial charge < -0.3 is 24.1 Å². The van der Waals surface area contributed by atoms with Crippen molar-refractivity contribution >= 4 is 17.7 Å². The Hall–Kier alpha value is -3.86. The summed E-state index contributed by atoms with van der Waals surface area (Å²) in [6.07, 6.45) is 4.30. The number of benzene rings is 2. The molecule has 0 aliphatic carbocycles. The zero-order valence-electron chi connectivity index (χ0n) is 19.5. The Bertz CT molecular complexity index is 974. The largest absolute Gasteiger partial charge is 0.497 e. The number of anilines is 1. The van der Waals surface area contributed by atoms with Crippen LogP contribution in [0.4, 0.5) is 10.5 Å². The molecule has 0 aliphatic rings. The molecular formula is C25H30N2O8. The number of rotatable bonds is 13. The van der Waals surface area contributed by atoms with Crippen LogP contribution in [-0.4, -0.2) is 55.9 Å². The van der Waals surface area contributed by atoms with Crippen LogP contribution < -0.4 is 20.3 Å². The maximum absolute atomic E-state index is 12.7. The van der Waals surface area contributed by atoms with Crippen LogP contribution in [-0.2, 0) is 14.3 Å². The minimum atomic E-state index is -0.778. The van der Waals surface area contributed by atoms with Crippen molar-refractivity contribution in [3.05, 3.63) is 78.4 Å². The van der Waals surface area contributed by atoms with Crippen LogP contribution in [0.1, 0.15) is 18.1 Å². The lowest BCUT2D eigenvalue weighted by atomic mass is 10.0. The molecule has 0 aliphatic heterocycles. The second kappa shape index (κ2) is 15.1. The molecule has 10 nitrogen and oxygen atoms in total. The normalized spacial score (nSPS) is 12.8. The summed E-state index contributed by atoms with van der Waals surface area (Å²) >= 11 is 0. The van der Waals surface area contributed by atoms with E-state index in [1.165, 1.54) is 18.7 Å². The van der Waals surface area contributed by atoms with Gasteiger partial charge in [-0.05, 0) is 48.4 Å². The second-order valence-electron chi connectivity index (χ2n) is 7.09. The molecule has 2 rings (SSSR count). The average molecular weight is 487 g/mol. The highest BCUT2D eigenvalue weighted by Crippen LogP contribution is 2.28. The molecular weight excluding hydrogens is 456 g/mol. The number of hydrogen-bond acceptors (Lipinski definition) is 8. The Kier molecular flexibility index (Phi) is 11.8. The van der Waals surface area contributed by atoms with Crippen LogP contribution in [0.5, 0.6) is 11.5 Å². The number of amides is 2. The Balaban J connectivity index is 2.17. The number of aliphatic hydroxyl groups excluding tert-OH is 1. The molecule has 2 amide bonds. The van der Waals surface area contributed by atoms with Gasteiger partial charge in [0.15, 0.2) is 6.10 Å². The minimum Gasteiger partial charge on any atom is -0.497 e. The third-order valence-electron chi connectivity index (χ3n) is 4.75. The Morgan fingerprint density at radius 3 is 2.29 bits per heavy atom. The average Bonchev–Trinajstić information content (AvgIpc) is 2.89. The summed E-state index contributed by atoms with van der Waals surface area (Å²) in [5.41, 5.74) is 2.70. The van der Waals surface area contributed by atoms with E-state index in [1.54, 1.807) is 67.8 Å². The van der Waals surface area contributed by atoms with Gasteiger partial charge in [0, 0.05) is 18.9 Å². The van der Waals surface area contributed by atoms with E-state index in [4.69, 9.17) is 29.3 Å². The summed E-state index contributed by atoms with van der Waals surface area (Å²) in [5.74, 6) is 0.560. The van der Waals surface area contributed by atoms with E-state index in [-0.39, 0.29) is 13.2 Å². The van der Waals surface area contributed by atoms with Gasteiger partial charge >= 0.3 is 6.09 Å². The van der Waals surface area contributed by atoms with E-state index >= 15 is 0 Å². The fourth-order valence-electron chi connectivity index (χ4n) is 3.03. The lowest BCUT2D eigenvalue weighted by Gasteiger charge is -2.26. The van der Waals surface area contributed by atoms with Crippen molar-refractivity contribution in [1.82, 2.24) is 5.48 Å². The summed E-state index contributed by atoms with van der Waals surface area (Å²) in [5, 5.41) is 20.1. The highest BCUT2D eigenvalue weighted by molar-refractivity contribution is 5.86. The summed E-state index contributed by atoms with van der Waals surface area (Å²) in [4.78, 5) is 23.8. The quantitative estimate of drug-likeness (QED) is 0.146. The van der Waals surface area contributed by atoms with Crippen molar-refractivity contribution < 1.29 is 38.9 Å². The number of allylic oxidation sites excluding steroid dienone is 2. The van der Waals surface area contributed by atoms with Gasteiger partial charge in [-0.25, -0.2) is 10.3 Å². The molecule has 35 heavy (non-hydrogen) atoms. The molecule has 0 saturated heterocycles. The van der Waals surface area contributed by atoms with Gasteiger partial charge in [-0.15, -0.1) is 0 Å². The molecule has 188 valence electrons. The molecule has 0 saturated carbocycles. The maximum Gasteiger partial charge on any atom is 0.412 e. The van der Waals surface area contributed by atoms with Gasteiger partial charge in [0.2, 0.25) is 0 Å². The fourth-order valence-corrected chi connectivity index (χ4v) is 3.03. The Labute approximate surface area is 203 Å². The minimum absolute atomic E-state index is 0.106. The highest BCUT2D eigenvalue weighted by Gasteiger charge is 2.26. The number of carbonyl (C=O) groups excluding carboxylic acids is 2.